The number of carbonyl (C=O) groups is 1. The molecule has 9 heteroatoms. The Labute approximate surface area is 122 Å². The Morgan fingerprint density at radius 2 is 1.91 bits per heavy atom. The van der Waals surface area contributed by atoms with Crippen LogP contribution in [0.2, 0.25) is 0 Å². The molecule has 1 heterocycles. The fraction of sp³-hybridized carbons (Fsp3) is 0.692. The summed E-state index contributed by atoms with van der Waals surface area (Å²) in [5, 5.41) is 12.7. The molecule has 0 aromatic carbocycles. The number of nitrogens with zero attached hydrogens (tertiary/aromatic N) is 2. The number of hydrogen-bond donors (Lipinski definition) is 1. The van der Waals surface area contributed by atoms with E-state index in [-0.39, 0.29) is 24.9 Å². The third-order valence-corrected chi connectivity index (χ3v) is 4.05. The van der Waals surface area contributed by atoms with Crippen LogP contribution in [-0.4, -0.2) is 27.0 Å². The van der Waals surface area contributed by atoms with Gasteiger partial charge >= 0.3 is 12.1 Å². The summed E-state index contributed by atoms with van der Waals surface area (Å²) in [6, 6.07) is 0. The second-order valence-electron chi connectivity index (χ2n) is 5.68. The van der Waals surface area contributed by atoms with Gasteiger partial charge in [0.1, 0.15) is 11.4 Å². The first-order valence-corrected chi connectivity index (χ1v) is 6.68. The maximum atomic E-state index is 13.4. The van der Waals surface area contributed by atoms with Crippen molar-refractivity contribution in [1.82, 2.24) is 9.78 Å². The molecule has 4 nitrogen and oxygen atoms in total. The van der Waals surface area contributed by atoms with Crippen LogP contribution in [0.1, 0.15) is 41.5 Å². The standard InChI is InChI=1S/C13H15F5N2O2/c1-6-9(11(21)22)20(19-10(6)12(2,14)15)5-7-3-4-8(7)13(16,17)18/h7-8H,3-5H2,1-2H3,(H,21,22)/t7-,8+/m0/s1. The molecule has 1 N–H and O–H groups in total. The molecule has 0 amide bonds. The van der Waals surface area contributed by atoms with Gasteiger partial charge in [-0.05, 0) is 25.7 Å². The van der Waals surface area contributed by atoms with Crippen LogP contribution in [0.3, 0.4) is 0 Å². The number of alkyl halides is 5. The lowest BCUT2D eigenvalue weighted by Crippen LogP contribution is -2.40. The highest BCUT2D eigenvalue weighted by Crippen LogP contribution is 2.46. The average molecular weight is 326 g/mol. The van der Waals surface area contributed by atoms with Crippen LogP contribution >= 0.6 is 0 Å². The highest BCUT2D eigenvalue weighted by molar-refractivity contribution is 5.87. The zero-order chi connectivity index (χ0) is 16.9. The van der Waals surface area contributed by atoms with E-state index in [0.717, 1.165) is 4.68 Å². The van der Waals surface area contributed by atoms with Crippen molar-refractivity contribution in [2.45, 2.75) is 45.3 Å². The molecule has 1 aromatic heterocycles. The van der Waals surface area contributed by atoms with Crippen molar-refractivity contribution < 1.29 is 31.9 Å². The number of carboxylic acids is 1. The van der Waals surface area contributed by atoms with Crippen molar-refractivity contribution >= 4 is 5.97 Å². The molecule has 1 saturated carbocycles. The third kappa shape index (κ3) is 2.93. The van der Waals surface area contributed by atoms with E-state index >= 15 is 0 Å². The van der Waals surface area contributed by atoms with Crippen LogP contribution < -0.4 is 0 Å². The maximum Gasteiger partial charge on any atom is 0.392 e. The van der Waals surface area contributed by atoms with Crippen molar-refractivity contribution in [2.24, 2.45) is 11.8 Å². The summed E-state index contributed by atoms with van der Waals surface area (Å²) in [4.78, 5) is 11.2. The summed E-state index contributed by atoms with van der Waals surface area (Å²) in [5.41, 5.74) is -1.42. The molecule has 2 rings (SSSR count). The number of aromatic carboxylic acids is 1. The van der Waals surface area contributed by atoms with Gasteiger partial charge < -0.3 is 5.11 Å². The van der Waals surface area contributed by atoms with Gasteiger partial charge in [0.05, 0.1) is 5.92 Å². The molecule has 1 aromatic rings. The first kappa shape index (κ1) is 16.7. The van der Waals surface area contributed by atoms with Gasteiger partial charge in [0.2, 0.25) is 0 Å². The summed E-state index contributed by atoms with van der Waals surface area (Å²) in [5.74, 6) is -7.22. The van der Waals surface area contributed by atoms with Gasteiger partial charge in [-0.3, -0.25) is 4.68 Å². The summed E-state index contributed by atoms with van der Waals surface area (Å²) in [7, 11) is 0. The number of aromatic nitrogens is 2. The van der Waals surface area contributed by atoms with E-state index in [1.165, 1.54) is 6.92 Å². The quantitative estimate of drug-likeness (QED) is 0.860. The van der Waals surface area contributed by atoms with Gasteiger partial charge in [0.15, 0.2) is 0 Å². The lowest BCUT2D eigenvalue weighted by molar-refractivity contribution is -0.214. The van der Waals surface area contributed by atoms with Crippen molar-refractivity contribution in [1.29, 1.82) is 0 Å². The Hall–Kier alpha value is -1.67. The van der Waals surface area contributed by atoms with Crippen LogP contribution in [0, 0.1) is 18.8 Å². The molecule has 124 valence electrons. The maximum absolute atomic E-state index is 13.4. The molecule has 0 unspecified atom stereocenters. The number of rotatable bonds is 4. The smallest absolute Gasteiger partial charge is 0.392 e. The zero-order valence-electron chi connectivity index (χ0n) is 11.9. The van der Waals surface area contributed by atoms with Gasteiger partial charge in [0.25, 0.3) is 5.92 Å². The minimum atomic E-state index is -4.37. The predicted molar refractivity (Wildman–Crippen MR) is 65.8 cm³/mol. The molecule has 0 spiro atoms. The fourth-order valence-electron chi connectivity index (χ4n) is 2.81. The average Bonchev–Trinajstić information content (AvgIpc) is 2.58. The van der Waals surface area contributed by atoms with Crippen LogP contribution in [-0.2, 0) is 12.5 Å². The van der Waals surface area contributed by atoms with Gasteiger partial charge in [-0.25, -0.2) is 4.79 Å². The van der Waals surface area contributed by atoms with E-state index in [9.17, 15) is 26.7 Å². The summed E-state index contributed by atoms with van der Waals surface area (Å²) >= 11 is 0. The highest BCUT2D eigenvalue weighted by atomic mass is 19.4. The largest absolute Gasteiger partial charge is 0.477 e. The number of carboxylic acid groups (broad SMARTS) is 1. The third-order valence-electron chi connectivity index (χ3n) is 4.05. The Bertz CT molecular complexity index is 588. The second kappa shape index (κ2) is 5.20. The van der Waals surface area contributed by atoms with Crippen LogP contribution in [0.15, 0.2) is 0 Å². The summed E-state index contributed by atoms with van der Waals surface area (Å²) < 4.78 is 65.8. The molecule has 0 saturated heterocycles. The SMILES string of the molecule is Cc1c(C(C)(F)F)nn(C[C@@H]2CC[C@H]2C(F)(F)F)c1C(=O)O. The molecule has 1 fully saturated rings. The molecular weight excluding hydrogens is 311 g/mol. The molecular formula is C13H15F5N2O2. The predicted octanol–water partition coefficient (Wildman–Crippen LogP) is 3.59. The summed E-state index contributed by atoms with van der Waals surface area (Å²) in [6.45, 7) is 1.42. The first-order valence-electron chi connectivity index (χ1n) is 6.68. The van der Waals surface area contributed by atoms with E-state index in [2.05, 4.69) is 5.10 Å². The molecule has 22 heavy (non-hydrogen) atoms. The van der Waals surface area contributed by atoms with Crippen molar-refractivity contribution in [3.05, 3.63) is 17.0 Å². The van der Waals surface area contributed by atoms with Gasteiger partial charge in [0, 0.05) is 19.0 Å². The normalized spacial score (nSPS) is 22.5. The molecule has 0 aliphatic heterocycles. The Kier molecular flexibility index (Phi) is 3.95. The van der Waals surface area contributed by atoms with Crippen molar-refractivity contribution in [3.8, 4) is 0 Å². The lowest BCUT2D eigenvalue weighted by Gasteiger charge is -2.37. The Morgan fingerprint density at radius 3 is 2.27 bits per heavy atom. The lowest BCUT2D eigenvalue weighted by atomic mass is 9.73. The van der Waals surface area contributed by atoms with Crippen LogP contribution in [0.4, 0.5) is 22.0 Å². The molecule has 0 radical (unpaired) electrons. The van der Waals surface area contributed by atoms with E-state index in [1.807, 2.05) is 0 Å². The number of hydrogen-bond acceptors (Lipinski definition) is 2. The molecule has 0 bridgehead atoms. The van der Waals surface area contributed by atoms with E-state index in [4.69, 9.17) is 5.11 Å². The Balaban J connectivity index is 2.34. The molecule has 1 aliphatic rings. The van der Waals surface area contributed by atoms with Crippen LogP contribution in [0.25, 0.3) is 0 Å². The van der Waals surface area contributed by atoms with Crippen molar-refractivity contribution in [2.75, 3.05) is 0 Å². The Morgan fingerprint density at radius 1 is 1.32 bits per heavy atom. The number of halogens is 5. The second-order valence-corrected chi connectivity index (χ2v) is 5.68. The van der Waals surface area contributed by atoms with E-state index < -0.39 is 41.3 Å². The topological polar surface area (TPSA) is 55.1 Å². The van der Waals surface area contributed by atoms with Crippen LogP contribution in [0.5, 0.6) is 0 Å². The fourth-order valence-corrected chi connectivity index (χ4v) is 2.81. The van der Waals surface area contributed by atoms with E-state index in [0.29, 0.717) is 6.92 Å². The van der Waals surface area contributed by atoms with Gasteiger partial charge in [-0.15, -0.1) is 0 Å². The van der Waals surface area contributed by atoms with Gasteiger partial charge in [-0.2, -0.15) is 27.1 Å². The zero-order valence-corrected chi connectivity index (χ0v) is 11.9. The highest BCUT2D eigenvalue weighted by Gasteiger charge is 2.50. The first-order chi connectivity index (χ1) is 9.93. The molecule has 2 atom stereocenters. The minimum Gasteiger partial charge on any atom is -0.477 e. The van der Waals surface area contributed by atoms with Crippen molar-refractivity contribution in [3.63, 3.8) is 0 Å². The minimum absolute atomic E-state index is 0.0341. The monoisotopic (exact) mass is 326 g/mol. The summed E-state index contributed by atoms with van der Waals surface area (Å²) in [6.07, 6.45) is -4.14. The molecule has 1 aliphatic carbocycles. The van der Waals surface area contributed by atoms with Gasteiger partial charge in [-0.1, -0.05) is 0 Å². The van der Waals surface area contributed by atoms with E-state index in [1.54, 1.807) is 0 Å².